The molecule has 2 aliphatic rings. The smallest absolute Gasteiger partial charge is 0.237 e. The molecule has 1 heterocycles. The van der Waals surface area contributed by atoms with E-state index in [1.54, 1.807) is 18.2 Å². The molecule has 0 aliphatic heterocycles. The fourth-order valence-corrected chi connectivity index (χ4v) is 5.20. The highest BCUT2D eigenvalue weighted by Gasteiger charge is 2.22. The molecule has 1 aromatic heterocycles. The van der Waals surface area contributed by atoms with Crippen molar-refractivity contribution in [1.29, 1.82) is 5.26 Å². The predicted molar refractivity (Wildman–Crippen MR) is 144 cm³/mol. The van der Waals surface area contributed by atoms with E-state index in [2.05, 4.69) is 17.9 Å². The number of aromatic nitrogens is 1. The topological polar surface area (TPSA) is 80.1 Å². The van der Waals surface area contributed by atoms with Gasteiger partial charge in [0.15, 0.2) is 0 Å². The molecule has 5 nitrogen and oxygen atoms in total. The normalized spacial score (nSPS) is 21.2. The number of ether oxygens (including phenoxy) is 1. The van der Waals surface area contributed by atoms with Crippen molar-refractivity contribution in [2.75, 3.05) is 0 Å². The van der Waals surface area contributed by atoms with Crippen LogP contribution in [0, 0.1) is 35.0 Å². The third-order valence-corrected chi connectivity index (χ3v) is 7.53. The van der Waals surface area contributed by atoms with Gasteiger partial charge in [0, 0.05) is 17.9 Å². The van der Waals surface area contributed by atoms with E-state index < -0.39 is 0 Å². The highest BCUT2D eigenvalue weighted by molar-refractivity contribution is 6.31. The lowest BCUT2D eigenvalue weighted by Crippen LogP contribution is -2.23. The monoisotopic (exact) mass is 514 g/mol. The number of aldehydes is 1. The lowest BCUT2D eigenvalue weighted by atomic mass is 9.86. The molecule has 37 heavy (non-hydrogen) atoms. The number of allylic oxidation sites excluding steroid dienone is 1. The second-order valence-corrected chi connectivity index (χ2v) is 10.2. The van der Waals surface area contributed by atoms with Crippen molar-refractivity contribution >= 4 is 29.7 Å². The molecule has 2 fully saturated rings. The first-order valence-corrected chi connectivity index (χ1v) is 13.4. The number of carbonyl (C=O) groups excluding carboxylic acids is 2. The molecule has 0 amide bonds. The first kappa shape index (κ1) is 26.6. The standard InChI is InChI=1S/C31H31ClN2O3/c1-2-30-28(15-11-25(34-30)17-22-3-5-23(20-35)6-4-22)31(36)16-9-21-7-12-26(13-8-21)37-27-14-10-24(19-33)29(32)18-27/h10-11,14-15,17-18,20-21,23,26H,2-8,12-13H2,1H3. The maximum Gasteiger partial charge on any atom is 0.237 e. The Labute approximate surface area is 223 Å². The summed E-state index contributed by atoms with van der Waals surface area (Å²) in [4.78, 5) is 28.6. The van der Waals surface area contributed by atoms with Crippen LogP contribution in [0.4, 0.5) is 0 Å². The van der Waals surface area contributed by atoms with E-state index >= 15 is 0 Å². The van der Waals surface area contributed by atoms with Crippen LogP contribution in [0.25, 0.3) is 6.08 Å². The van der Waals surface area contributed by atoms with Crippen LogP contribution in [0.15, 0.2) is 35.9 Å². The van der Waals surface area contributed by atoms with E-state index in [1.165, 1.54) is 5.57 Å². The van der Waals surface area contributed by atoms with E-state index in [1.807, 2.05) is 25.1 Å². The van der Waals surface area contributed by atoms with Gasteiger partial charge < -0.3 is 9.53 Å². The quantitative estimate of drug-likeness (QED) is 0.184. The molecule has 190 valence electrons. The maximum absolute atomic E-state index is 12.9. The zero-order valence-corrected chi connectivity index (χ0v) is 21.9. The molecule has 0 saturated heterocycles. The number of rotatable bonds is 6. The molecule has 6 heteroatoms. The van der Waals surface area contributed by atoms with E-state index in [4.69, 9.17) is 26.6 Å². The third-order valence-electron chi connectivity index (χ3n) is 7.22. The number of hydrogen-bond acceptors (Lipinski definition) is 5. The number of aryl methyl sites for hydroxylation is 1. The Morgan fingerprint density at radius 3 is 2.54 bits per heavy atom. The Kier molecular flexibility index (Phi) is 9.15. The van der Waals surface area contributed by atoms with E-state index in [-0.39, 0.29) is 23.7 Å². The number of pyridine rings is 1. The summed E-state index contributed by atoms with van der Waals surface area (Å²) in [6, 6.07) is 10.9. The minimum atomic E-state index is -0.180. The summed E-state index contributed by atoms with van der Waals surface area (Å²) in [6.45, 7) is 2.00. The van der Waals surface area contributed by atoms with Gasteiger partial charge in [-0.1, -0.05) is 30.0 Å². The minimum absolute atomic E-state index is 0.0730. The summed E-state index contributed by atoms with van der Waals surface area (Å²) in [5, 5.41) is 9.41. The average Bonchev–Trinajstić information content (AvgIpc) is 2.93. The molecule has 2 saturated carbocycles. The van der Waals surface area contributed by atoms with Crippen LogP contribution < -0.4 is 4.74 Å². The molecule has 2 aromatic rings. The molecule has 0 spiro atoms. The molecule has 0 N–H and O–H groups in total. The van der Waals surface area contributed by atoms with Crippen molar-refractivity contribution in [3.8, 4) is 23.7 Å². The van der Waals surface area contributed by atoms with Crippen molar-refractivity contribution in [3.05, 3.63) is 63.4 Å². The number of ketones is 1. The number of carbonyl (C=O) groups is 2. The Balaban J connectivity index is 1.33. The predicted octanol–water partition coefficient (Wildman–Crippen LogP) is 6.77. The lowest BCUT2D eigenvalue weighted by molar-refractivity contribution is -0.111. The Morgan fingerprint density at radius 1 is 1.14 bits per heavy atom. The van der Waals surface area contributed by atoms with Gasteiger partial charge in [-0.3, -0.25) is 9.78 Å². The molecule has 4 rings (SSSR count). The van der Waals surface area contributed by atoms with Gasteiger partial charge in [-0.05, 0) is 94.0 Å². The van der Waals surface area contributed by atoms with Crippen LogP contribution in [0.5, 0.6) is 5.75 Å². The van der Waals surface area contributed by atoms with Crippen LogP contribution in [-0.4, -0.2) is 23.2 Å². The van der Waals surface area contributed by atoms with E-state index in [0.29, 0.717) is 28.3 Å². The molecule has 2 aliphatic carbocycles. The average molecular weight is 515 g/mol. The van der Waals surface area contributed by atoms with E-state index in [9.17, 15) is 9.59 Å². The molecular weight excluding hydrogens is 484 g/mol. The fourth-order valence-electron chi connectivity index (χ4n) is 4.99. The Morgan fingerprint density at radius 2 is 1.89 bits per heavy atom. The van der Waals surface area contributed by atoms with Crippen LogP contribution in [-0.2, 0) is 11.2 Å². The van der Waals surface area contributed by atoms with Gasteiger partial charge >= 0.3 is 0 Å². The molecule has 0 bridgehead atoms. The number of nitriles is 1. The number of halogens is 1. The summed E-state index contributed by atoms with van der Waals surface area (Å²) in [5.74, 6) is 6.89. The van der Waals surface area contributed by atoms with Crippen LogP contribution >= 0.6 is 11.6 Å². The number of benzene rings is 1. The highest BCUT2D eigenvalue weighted by atomic mass is 35.5. The van der Waals surface area contributed by atoms with Crippen molar-refractivity contribution in [1.82, 2.24) is 4.98 Å². The zero-order valence-electron chi connectivity index (χ0n) is 21.1. The SMILES string of the molecule is CCc1nc(C=C2CCC(C=O)CC2)ccc1C(=O)C#CC1CCC(Oc2ccc(C#N)c(Cl)c2)CC1. The molecular formula is C31H31ClN2O3. The maximum atomic E-state index is 12.9. The van der Waals surface area contributed by atoms with Crippen molar-refractivity contribution in [2.45, 2.75) is 70.8 Å². The largest absolute Gasteiger partial charge is 0.490 e. The third kappa shape index (κ3) is 7.09. The summed E-state index contributed by atoms with van der Waals surface area (Å²) in [5.41, 5.74) is 3.96. The van der Waals surface area contributed by atoms with Crippen molar-refractivity contribution in [3.63, 3.8) is 0 Å². The second kappa shape index (κ2) is 12.7. The van der Waals surface area contributed by atoms with Gasteiger partial charge in [0.05, 0.1) is 33.6 Å². The minimum Gasteiger partial charge on any atom is -0.490 e. The number of nitrogens with zero attached hydrogens (tertiary/aromatic N) is 2. The van der Waals surface area contributed by atoms with Crippen LogP contribution in [0.2, 0.25) is 5.02 Å². The molecule has 0 atom stereocenters. The lowest BCUT2D eigenvalue weighted by Gasteiger charge is -2.26. The first-order chi connectivity index (χ1) is 18.0. The highest BCUT2D eigenvalue weighted by Crippen LogP contribution is 2.30. The number of Topliss-reactive ketones (excluding diaryl/α,β-unsaturated/α-hetero) is 1. The Hall–Kier alpha value is -3.41. The second-order valence-electron chi connectivity index (χ2n) is 9.80. The van der Waals surface area contributed by atoms with E-state index in [0.717, 1.165) is 69.0 Å². The summed E-state index contributed by atoms with van der Waals surface area (Å²) >= 11 is 6.11. The molecule has 1 aromatic carbocycles. The first-order valence-electron chi connectivity index (χ1n) is 13.1. The zero-order chi connectivity index (χ0) is 26.2. The van der Waals surface area contributed by atoms with Gasteiger partial charge in [0.2, 0.25) is 5.78 Å². The van der Waals surface area contributed by atoms with Gasteiger partial charge in [-0.2, -0.15) is 5.26 Å². The van der Waals surface area contributed by atoms with Gasteiger partial charge in [0.25, 0.3) is 0 Å². The molecule has 0 radical (unpaired) electrons. The van der Waals surface area contributed by atoms with Crippen molar-refractivity contribution < 1.29 is 14.3 Å². The Bertz CT molecular complexity index is 1280. The fraction of sp³-hybridized carbons (Fsp3) is 0.419. The summed E-state index contributed by atoms with van der Waals surface area (Å²) in [7, 11) is 0. The van der Waals surface area contributed by atoms with Crippen molar-refractivity contribution in [2.24, 2.45) is 11.8 Å². The number of hydrogen-bond donors (Lipinski definition) is 0. The summed E-state index contributed by atoms with van der Waals surface area (Å²) < 4.78 is 6.05. The van der Waals surface area contributed by atoms with Gasteiger partial charge in [-0.15, -0.1) is 0 Å². The summed E-state index contributed by atoms with van der Waals surface area (Å²) in [6.07, 6.45) is 11.0. The van der Waals surface area contributed by atoms with Gasteiger partial charge in [0.1, 0.15) is 18.1 Å². The van der Waals surface area contributed by atoms with Gasteiger partial charge in [-0.25, -0.2) is 0 Å². The van der Waals surface area contributed by atoms with Crippen LogP contribution in [0.3, 0.4) is 0 Å². The van der Waals surface area contributed by atoms with Crippen LogP contribution in [0.1, 0.15) is 85.6 Å². The molecule has 0 unspecified atom stereocenters.